The maximum Gasteiger partial charge on any atom is 0.244 e. The molecule has 5 nitrogen and oxygen atoms in total. The van der Waals surface area contributed by atoms with Gasteiger partial charge in [0.25, 0.3) is 0 Å². The van der Waals surface area contributed by atoms with Crippen molar-refractivity contribution >= 4 is 38.6 Å². The summed E-state index contributed by atoms with van der Waals surface area (Å²) in [7, 11) is -3.73. The van der Waals surface area contributed by atoms with Crippen LogP contribution in [0.1, 0.15) is 4.88 Å². The normalized spacial score (nSPS) is 11.6. The fraction of sp³-hybridized carbons (Fsp3) is 0.100. The lowest BCUT2D eigenvalue weighted by Crippen LogP contribution is -2.24. The second-order valence-electron chi connectivity index (χ2n) is 3.45. The average Bonchev–Trinajstić information content (AvgIpc) is 2.78. The van der Waals surface area contributed by atoms with E-state index in [0.717, 1.165) is 4.88 Å². The van der Waals surface area contributed by atoms with Crippen LogP contribution in [0.2, 0.25) is 5.02 Å². The number of nitrogens with one attached hydrogen (secondary N) is 1. The Morgan fingerprint density at radius 1 is 1.44 bits per heavy atom. The predicted molar refractivity (Wildman–Crippen MR) is 72.0 cm³/mol. The maximum absolute atomic E-state index is 12.1. The van der Waals surface area contributed by atoms with E-state index in [1.807, 2.05) is 0 Å². The lowest BCUT2D eigenvalue weighted by molar-refractivity contribution is 0.582. The summed E-state index contributed by atoms with van der Waals surface area (Å²) in [6.07, 6.45) is 1.60. The summed E-state index contributed by atoms with van der Waals surface area (Å²) in [4.78, 5) is 4.59. The van der Waals surface area contributed by atoms with Crippen LogP contribution < -0.4 is 10.5 Å². The van der Waals surface area contributed by atoms with Crippen molar-refractivity contribution in [1.29, 1.82) is 0 Å². The molecule has 1 aromatic heterocycles. The molecule has 0 unspecified atom stereocenters. The summed E-state index contributed by atoms with van der Waals surface area (Å²) in [6, 6.07) is 4.58. The molecule has 0 aliphatic carbocycles. The van der Waals surface area contributed by atoms with Gasteiger partial charge in [0.05, 0.1) is 16.2 Å². The van der Waals surface area contributed by atoms with Crippen LogP contribution >= 0.6 is 22.9 Å². The number of nitrogen functional groups attached to an aromatic ring is 1. The van der Waals surface area contributed by atoms with Crippen LogP contribution in [-0.2, 0) is 16.6 Å². The standard InChI is InChI=1S/C10H10ClN3O2S2/c11-8-2-1-3-9(12)10(8)18(15,16)14-5-7-4-13-6-17-7/h1-4,6,14H,5,12H2. The minimum absolute atomic E-state index is 0.0869. The number of aromatic nitrogens is 1. The van der Waals surface area contributed by atoms with Crippen molar-refractivity contribution in [3.8, 4) is 0 Å². The molecule has 0 saturated heterocycles. The van der Waals surface area contributed by atoms with Crippen LogP contribution in [0.25, 0.3) is 0 Å². The van der Waals surface area contributed by atoms with Crippen molar-refractivity contribution in [3.05, 3.63) is 39.8 Å². The molecule has 0 radical (unpaired) electrons. The second-order valence-corrected chi connectivity index (χ2v) is 6.53. The fourth-order valence-corrected chi connectivity index (χ4v) is 3.68. The molecule has 0 amide bonds. The molecule has 0 saturated carbocycles. The molecule has 0 fully saturated rings. The van der Waals surface area contributed by atoms with Crippen molar-refractivity contribution in [3.63, 3.8) is 0 Å². The number of hydrogen-bond donors (Lipinski definition) is 2. The van der Waals surface area contributed by atoms with Gasteiger partial charge in [-0.2, -0.15) is 0 Å². The zero-order valence-corrected chi connectivity index (χ0v) is 11.5. The van der Waals surface area contributed by atoms with E-state index in [2.05, 4.69) is 9.71 Å². The third kappa shape index (κ3) is 2.81. The van der Waals surface area contributed by atoms with E-state index in [1.165, 1.54) is 23.5 Å². The van der Waals surface area contributed by atoms with Gasteiger partial charge in [-0.05, 0) is 12.1 Å². The van der Waals surface area contributed by atoms with Crippen LogP contribution in [0.15, 0.2) is 34.8 Å². The minimum Gasteiger partial charge on any atom is -0.398 e. The third-order valence-electron chi connectivity index (χ3n) is 2.19. The summed E-state index contributed by atoms with van der Waals surface area (Å²) in [5.41, 5.74) is 7.40. The Morgan fingerprint density at radius 3 is 2.83 bits per heavy atom. The number of thiazole rings is 1. The summed E-state index contributed by atoms with van der Waals surface area (Å²) < 4.78 is 26.6. The van der Waals surface area contributed by atoms with Crippen molar-refractivity contribution in [2.75, 3.05) is 5.73 Å². The molecular formula is C10H10ClN3O2S2. The van der Waals surface area contributed by atoms with Gasteiger partial charge in [-0.25, -0.2) is 13.1 Å². The fourth-order valence-electron chi connectivity index (χ4n) is 1.38. The van der Waals surface area contributed by atoms with Gasteiger partial charge in [0.2, 0.25) is 10.0 Å². The average molecular weight is 304 g/mol. The summed E-state index contributed by atoms with van der Waals surface area (Å²) in [5.74, 6) is 0. The smallest absolute Gasteiger partial charge is 0.244 e. The largest absolute Gasteiger partial charge is 0.398 e. The highest BCUT2D eigenvalue weighted by molar-refractivity contribution is 7.89. The van der Waals surface area contributed by atoms with Crippen LogP contribution in [0, 0.1) is 0 Å². The minimum atomic E-state index is -3.73. The van der Waals surface area contributed by atoms with E-state index in [0.29, 0.717) is 0 Å². The molecule has 96 valence electrons. The monoisotopic (exact) mass is 303 g/mol. The molecule has 3 N–H and O–H groups in total. The molecule has 2 aromatic rings. The van der Waals surface area contributed by atoms with Gasteiger partial charge in [0.15, 0.2) is 0 Å². The van der Waals surface area contributed by atoms with E-state index in [1.54, 1.807) is 17.8 Å². The number of hydrogen-bond acceptors (Lipinski definition) is 5. The Morgan fingerprint density at radius 2 is 2.22 bits per heavy atom. The molecule has 0 bridgehead atoms. The topological polar surface area (TPSA) is 85.1 Å². The summed E-state index contributed by atoms with van der Waals surface area (Å²) in [6.45, 7) is 0.164. The van der Waals surface area contributed by atoms with Gasteiger partial charge in [0, 0.05) is 17.6 Å². The number of benzene rings is 1. The van der Waals surface area contributed by atoms with E-state index in [4.69, 9.17) is 17.3 Å². The van der Waals surface area contributed by atoms with E-state index in [9.17, 15) is 8.42 Å². The van der Waals surface area contributed by atoms with Crippen LogP contribution in [0.4, 0.5) is 5.69 Å². The number of halogens is 1. The molecule has 0 atom stereocenters. The Kier molecular flexibility index (Phi) is 3.86. The Hall–Kier alpha value is -1.15. The molecule has 0 spiro atoms. The van der Waals surface area contributed by atoms with Gasteiger partial charge >= 0.3 is 0 Å². The molecule has 1 aromatic carbocycles. The molecule has 1 heterocycles. The van der Waals surface area contributed by atoms with E-state index >= 15 is 0 Å². The van der Waals surface area contributed by atoms with E-state index in [-0.39, 0.29) is 22.2 Å². The van der Waals surface area contributed by atoms with Crippen LogP contribution in [0.3, 0.4) is 0 Å². The highest BCUT2D eigenvalue weighted by Gasteiger charge is 2.20. The Bertz CT molecular complexity index is 621. The number of rotatable bonds is 4. The lowest BCUT2D eigenvalue weighted by Gasteiger charge is -2.09. The molecule has 8 heteroatoms. The summed E-state index contributed by atoms with van der Waals surface area (Å²) in [5, 5.41) is 0.104. The first kappa shape index (κ1) is 13.3. The SMILES string of the molecule is Nc1cccc(Cl)c1S(=O)(=O)NCc1cncs1. The number of nitrogens with two attached hydrogens (primary N) is 1. The Labute approximate surface area is 114 Å². The van der Waals surface area contributed by atoms with Crippen molar-refractivity contribution in [1.82, 2.24) is 9.71 Å². The van der Waals surface area contributed by atoms with Gasteiger partial charge in [-0.3, -0.25) is 4.98 Å². The highest BCUT2D eigenvalue weighted by Crippen LogP contribution is 2.27. The third-order valence-corrected chi connectivity index (χ3v) is 4.91. The lowest BCUT2D eigenvalue weighted by atomic mass is 10.3. The number of nitrogens with zero attached hydrogens (tertiary/aromatic N) is 1. The van der Waals surface area contributed by atoms with Crippen molar-refractivity contribution in [2.24, 2.45) is 0 Å². The zero-order valence-electron chi connectivity index (χ0n) is 9.13. The van der Waals surface area contributed by atoms with Crippen molar-refractivity contribution < 1.29 is 8.42 Å². The van der Waals surface area contributed by atoms with Gasteiger partial charge in [-0.15, -0.1) is 11.3 Å². The molecule has 18 heavy (non-hydrogen) atoms. The zero-order chi connectivity index (χ0) is 13.2. The Balaban J connectivity index is 2.26. The highest BCUT2D eigenvalue weighted by atomic mass is 35.5. The second kappa shape index (κ2) is 5.23. The first-order valence-corrected chi connectivity index (χ1v) is 7.66. The first-order valence-electron chi connectivity index (χ1n) is 4.92. The van der Waals surface area contributed by atoms with Crippen LogP contribution in [-0.4, -0.2) is 13.4 Å². The van der Waals surface area contributed by atoms with Gasteiger partial charge in [0.1, 0.15) is 4.90 Å². The molecule has 0 aliphatic rings. The number of anilines is 1. The molecule has 0 aliphatic heterocycles. The number of sulfonamides is 1. The molecular weight excluding hydrogens is 294 g/mol. The van der Waals surface area contributed by atoms with E-state index < -0.39 is 10.0 Å². The first-order chi connectivity index (χ1) is 8.50. The van der Waals surface area contributed by atoms with Crippen molar-refractivity contribution in [2.45, 2.75) is 11.4 Å². The quantitative estimate of drug-likeness (QED) is 0.844. The maximum atomic E-state index is 12.1. The summed E-state index contributed by atoms with van der Waals surface area (Å²) >= 11 is 7.23. The van der Waals surface area contributed by atoms with Gasteiger partial charge in [-0.1, -0.05) is 17.7 Å². The van der Waals surface area contributed by atoms with Gasteiger partial charge < -0.3 is 5.73 Å². The predicted octanol–water partition coefficient (Wildman–Crippen LogP) is 1.86. The molecule has 2 rings (SSSR count). The van der Waals surface area contributed by atoms with Crippen LogP contribution in [0.5, 0.6) is 0 Å².